The van der Waals surface area contributed by atoms with Crippen LogP contribution in [0.3, 0.4) is 0 Å². The molecule has 144 valence electrons. The topological polar surface area (TPSA) is 97.7 Å². The number of nitrogens with zero attached hydrogens (tertiary/aromatic N) is 4. The van der Waals surface area contributed by atoms with Gasteiger partial charge in [0.05, 0.1) is 6.20 Å². The second-order valence-corrected chi connectivity index (χ2v) is 7.21. The number of benzene rings is 2. The molecule has 1 atom stereocenters. The van der Waals surface area contributed by atoms with Crippen molar-refractivity contribution >= 4 is 17.2 Å². The van der Waals surface area contributed by atoms with Crippen LogP contribution in [0.2, 0.25) is 0 Å². The van der Waals surface area contributed by atoms with Gasteiger partial charge in [0.25, 0.3) is 0 Å². The molecule has 0 spiro atoms. The van der Waals surface area contributed by atoms with Crippen LogP contribution < -0.4 is 11.1 Å². The summed E-state index contributed by atoms with van der Waals surface area (Å²) in [4.78, 5) is 20.0. The normalized spacial score (nSPS) is 15.4. The Kier molecular flexibility index (Phi) is 4.29. The molecule has 0 radical (unpaired) electrons. The molecule has 3 N–H and O–H groups in total. The summed E-state index contributed by atoms with van der Waals surface area (Å²) in [6, 6.07) is 14.0. The Labute approximate surface area is 167 Å². The van der Waals surface area contributed by atoms with Crippen molar-refractivity contribution in [1.82, 2.24) is 14.4 Å². The number of anilines is 2. The third kappa shape index (κ3) is 3.05. The van der Waals surface area contributed by atoms with Crippen molar-refractivity contribution in [2.24, 2.45) is 10.9 Å². The highest BCUT2D eigenvalue weighted by Crippen LogP contribution is 2.37. The Morgan fingerprint density at radius 3 is 2.86 bits per heavy atom. The molecule has 1 aliphatic rings. The maximum absolute atomic E-state index is 11.0. The lowest BCUT2D eigenvalue weighted by Gasteiger charge is -2.11. The Morgan fingerprint density at radius 1 is 1.21 bits per heavy atom. The van der Waals surface area contributed by atoms with E-state index in [1.54, 1.807) is 12.4 Å². The summed E-state index contributed by atoms with van der Waals surface area (Å²) in [6.45, 7) is 0.506. The maximum atomic E-state index is 11.0. The number of nitrogens with two attached hydrogens (primary N) is 1. The van der Waals surface area contributed by atoms with E-state index in [0.29, 0.717) is 6.54 Å². The summed E-state index contributed by atoms with van der Waals surface area (Å²) in [5.74, 6) is 0.867. The summed E-state index contributed by atoms with van der Waals surface area (Å²) < 4.78 is 1.99. The highest BCUT2D eigenvalue weighted by molar-refractivity contribution is 5.79. The minimum absolute atomic E-state index is 0.224. The summed E-state index contributed by atoms with van der Waals surface area (Å²) in [5.41, 5.74) is 12.6. The molecular formula is C22H20N6O. The van der Waals surface area contributed by atoms with Gasteiger partial charge in [-0.15, -0.1) is 0 Å². The van der Waals surface area contributed by atoms with Crippen molar-refractivity contribution in [3.8, 4) is 11.3 Å². The molecule has 7 nitrogen and oxygen atoms in total. The van der Waals surface area contributed by atoms with Gasteiger partial charge in [-0.25, -0.2) is 4.98 Å². The van der Waals surface area contributed by atoms with E-state index >= 15 is 0 Å². The fourth-order valence-corrected chi connectivity index (χ4v) is 3.95. The van der Waals surface area contributed by atoms with Gasteiger partial charge < -0.3 is 11.1 Å². The highest BCUT2D eigenvalue weighted by Gasteiger charge is 2.23. The van der Waals surface area contributed by atoms with Crippen LogP contribution in [0.25, 0.3) is 16.9 Å². The van der Waals surface area contributed by atoms with Crippen LogP contribution in [0.1, 0.15) is 29.2 Å². The molecule has 0 aliphatic heterocycles. The maximum Gasteiger partial charge on any atom is 0.157 e. The van der Waals surface area contributed by atoms with E-state index in [4.69, 9.17) is 10.7 Å². The Balaban J connectivity index is 1.58. The first-order chi connectivity index (χ1) is 14.3. The molecule has 29 heavy (non-hydrogen) atoms. The molecule has 0 fully saturated rings. The van der Waals surface area contributed by atoms with E-state index in [2.05, 4.69) is 21.5 Å². The molecular weight excluding hydrogens is 364 g/mol. The SMILES string of the molecule is NCc1ccc(-c2nc3cnccn3c2Nc2ccc3c(c2)CCC3N=O)cc1. The second-order valence-electron chi connectivity index (χ2n) is 7.21. The average Bonchev–Trinajstić information content (AvgIpc) is 3.35. The Morgan fingerprint density at radius 2 is 2.07 bits per heavy atom. The van der Waals surface area contributed by atoms with Crippen LogP contribution in [-0.2, 0) is 13.0 Å². The number of aromatic nitrogens is 3. The van der Waals surface area contributed by atoms with Crippen molar-refractivity contribution in [2.75, 3.05) is 5.32 Å². The van der Waals surface area contributed by atoms with E-state index in [0.717, 1.165) is 52.4 Å². The first kappa shape index (κ1) is 17.5. The second kappa shape index (κ2) is 7.10. The number of nitrogens with one attached hydrogen (secondary N) is 1. The summed E-state index contributed by atoms with van der Waals surface area (Å²) in [5, 5.41) is 6.77. The van der Waals surface area contributed by atoms with Crippen molar-refractivity contribution in [1.29, 1.82) is 0 Å². The van der Waals surface area contributed by atoms with Gasteiger partial charge in [0.1, 0.15) is 17.6 Å². The van der Waals surface area contributed by atoms with Gasteiger partial charge in [0.2, 0.25) is 0 Å². The number of hydrogen-bond donors (Lipinski definition) is 2. The molecule has 4 aromatic rings. The number of aryl methyl sites for hydroxylation is 1. The molecule has 0 bridgehead atoms. The molecule has 2 aromatic carbocycles. The van der Waals surface area contributed by atoms with E-state index in [1.807, 2.05) is 47.0 Å². The average molecular weight is 384 g/mol. The zero-order valence-corrected chi connectivity index (χ0v) is 15.7. The van der Waals surface area contributed by atoms with Crippen LogP contribution in [0.4, 0.5) is 11.5 Å². The predicted octanol–water partition coefficient (Wildman–Crippen LogP) is 4.35. The zero-order chi connectivity index (χ0) is 19.8. The van der Waals surface area contributed by atoms with Crippen LogP contribution in [-0.4, -0.2) is 14.4 Å². The highest BCUT2D eigenvalue weighted by atomic mass is 16.3. The van der Waals surface area contributed by atoms with E-state index in [1.165, 1.54) is 5.56 Å². The van der Waals surface area contributed by atoms with Crippen LogP contribution >= 0.6 is 0 Å². The molecule has 5 rings (SSSR count). The number of fused-ring (bicyclic) bond motifs is 2. The van der Waals surface area contributed by atoms with Gasteiger partial charge >= 0.3 is 0 Å². The summed E-state index contributed by atoms with van der Waals surface area (Å²) in [6.07, 6.45) is 7.02. The van der Waals surface area contributed by atoms with Crippen LogP contribution in [0.5, 0.6) is 0 Å². The third-order valence-electron chi connectivity index (χ3n) is 5.47. The van der Waals surface area contributed by atoms with Gasteiger partial charge in [0, 0.05) is 30.2 Å². The lowest BCUT2D eigenvalue weighted by Crippen LogP contribution is -1.99. The van der Waals surface area contributed by atoms with Gasteiger partial charge in [-0.05, 0) is 41.7 Å². The summed E-state index contributed by atoms with van der Waals surface area (Å²) in [7, 11) is 0. The van der Waals surface area contributed by atoms with Crippen molar-refractivity contribution in [3.05, 3.63) is 82.7 Å². The number of hydrogen-bond acceptors (Lipinski definition) is 6. The van der Waals surface area contributed by atoms with E-state index < -0.39 is 0 Å². The van der Waals surface area contributed by atoms with Gasteiger partial charge in [0.15, 0.2) is 5.65 Å². The first-order valence-electron chi connectivity index (χ1n) is 9.60. The molecule has 1 unspecified atom stereocenters. The number of rotatable bonds is 5. The van der Waals surface area contributed by atoms with Crippen molar-refractivity contribution in [2.45, 2.75) is 25.4 Å². The van der Waals surface area contributed by atoms with E-state index in [9.17, 15) is 4.91 Å². The molecule has 7 heteroatoms. The van der Waals surface area contributed by atoms with Crippen LogP contribution in [0.15, 0.2) is 66.2 Å². The first-order valence-corrected chi connectivity index (χ1v) is 9.60. The van der Waals surface area contributed by atoms with Crippen molar-refractivity contribution < 1.29 is 0 Å². The lowest BCUT2D eigenvalue weighted by molar-refractivity contribution is 0.710. The van der Waals surface area contributed by atoms with Gasteiger partial charge in [-0.2, -0.15) is 4.91 Å². The molecule has 0 saturated heterocycles. The predicted molar refractivity (Wildman–Crippen MR) is 113 cm³/mol. The zero-order valence-electron chi connectivity index (χ0n) is 15.7. The summed E-state index contributed by atoms with van der Waals surface area (Å²) >= 11 is 0. The van der Waals surface area contributed by atoms with Crippen molar-refractivity contribution in [3.63, 3.8) is 0 Å². The third-order valence-corrected chi connectivity index (χ3v) is 5.47. The number of nitroso groups, excluding NO2 is 1. The largest absolute Gasteiger partial charge is 0.339 e. The molecule has 2 aromatic heterocycles. The molecule has 2 heterocycles. The standard InChI is InChI=1S/C22H20N6O/c23-12-14-1-3-15(4-2-14)21-22(28-10-9-24-13-20(28)26-21)25-17-6-7-18-16(11-17)5-8-19(18)27-29/h1-4,6-7,9-11,13,19,25H,5,8,12,23H2. The minimum Gasteiger partial charge on any atom is -0.339 e. The van der Waals surface area contributed by atoms with E-state index in [-0.39, 0.29) is 6.04 Å². The minimum atomic E-state index is -0.224. The molecule has 0 saturated carbocycles. The fourth-order valence-electron chi connectivity index (χ4n) is 3.95. The Bertz CT molecular complexity index is 1200. The van der Waals surface area contributed by atoms with Gasteiger partial charge in [-0.1, -0.05) is 35.5 Å². The number of imidazole rings is 1. The van der Waals surface area contributed by atoms with Crippen LogP contribution in [0, 0.1) is 4.91 Å². The monoisotopic (exact) mass is 384 g/mol. The van der Waals surface area contributed by atoms with Gasteiger partial charge in [-0.3, -0.25) is 9.38 Å². The smallest absolute Gasteiger partial charge is 0.157 e. The fraction of sp³-hybridized carbons (Fsp3) is 0.182. The lowest BCUT2D eigenvalue weighted by atomic mass is 10.1. The Hall–Kier alpha value is -3.58. The molecule has 0 amide bonds. The quantitative estimate of drug-likeness (QED) is 0.499. The molecule has 1 aliphatic carbocycles.